The van der Waals surface area contributed by atoms with Crippen molar-refractivity contribution in [2.45, 2.75) is 19.9 Å². The Kier molecular flexibility index (Phi) is 4.16. The number of aryl methyl sites for hydroxylation is 1. The van der Waals surface area contributed by atoms with Crippen LogP contribution >= 0.6 is 0 Å². The van der Waals surface area contributed by atoms with Crippen molar-refractivity contribution in [1.29, 1.82) is 0 Å². The Labute approximate surface area is 103 Å². The van der Waals surface area contributed by atoms with Gasteiger partial charge in [0, 0.05) is 17.9 Å². The van der Waals surface area contributed by atoms with Crippen LogP contribution < -0.4 is 10.5 Å². The van der Waals surface area contributed by atoms with Crippen molar-refractivity contribution in [1.82, 2.24) is 0 Å². The fourth-order valence-electron chi connectivity index (χ4n) is 1.79. The fourth-order valence-corrected chi connectivity index (χ4v) is 2.62. The highest BCUT2D eigenvalue weighted by Crippen LogP contribution is 2.30. The van der Waals surface area contributed by atoms with Gasteiger partial charge in [0.1, 0.15) is 15.6 Å². The molecule has 0 aliphatic heterocycles. The predicted molar refractivity (Wildman–Crippen MR) is 69.1 cm³/mol. The smallest absolute Gasteiger partial charge is 0.149 e. The molecular formula is C12H19NO3S. The lowest BCUT2D eigenvalue weighted by atomic mass is 10.0. The number of hydrogen-bond acceptors (Lipinski definition) is 4. The molecule has 1 aromatic rings. The van der Waals surface area contributed by atoms with E-state index in [0.717, 1.165) is 16.7 Å². The van der Waals surface area contributed by atoms with Crippen LogP contribution in [0.5, 0.6) is 5.75 Å². The van der Waals surface area contributed by atoms with Crippen LogP contribution in [0.4, 0.5) is 0 Å². The van der Waals surface area contributed by atoms with Crippen LogP contribution in [-0.4, -0.2) is 27.5 Å². The van der Waals surface area contributed by atoms with E-state index in [0.29, 0.717) is 5.75 Å². The van der Waals surface area contributed by atoms with E-state index in [1.165, 1.54) is 6.26 Å². The number of ether oxygens (including phenoxy) is 1. The molecule has 96 valence electrons. The standard InChI is InChI=1S/C12H19NO3S/c1-8-5-6-10(12(16-3)9(8)2)11(13)7-17(4,14)15/h5-6,11H,7,13H2,1-4H3. The normalized spacial score (nSPS) is 13.5. The topological polar surface area (TPSA) is 69.4 Å². The second-order valence-electron chi connectivity index (χ2n) is 4.33. The number of sulfone groups is 1. The lowest BCUT2D eigenvalue weighted by Gasteiger charge is -2.18. The molecule has 5 heteroatoms. The summed E-state index contributed by atoms with van der Waals surface area (Å²) in [6.07, 6.45) is 1.18. The van der Waals surface area contributed by atoms with Crippen molar-refractivity contribution < 1.29 is 13.2 Å². The molecule has 1 atom stereocenters. The van der Waals surface area contributed by atoms with E-state index < -0.39 is 15.9 Å². The molecule has 0 amide bonds. The minimum absolute atomic E-state index is 0.0775. The van der Waals surface area contributed by atoms with Gasteiger partial charge in [-0.05, 0) is 25.0 Å². The fraction of sp³-hybridized carbons (Fsp3) is 0.500. The molecule has 1 aromatic carbocycles. The summed E-state index contributed by atoms with van der Waals surface area (Å²) >= 11 is 0. The molecule has 0 saturated heterocycles. The zero-order chi connectivity index (χ0) is 13.2. The summed E-state index contributed by atoms with van der Waals surface area (Å²) in [5.74, 6) is 0.604. The maximum atomic E-state index is 11.2. The first-order valence-electron chi connectivity index (χ1n) is 5.33. The molecule has 0 aliphatic carbocycles. The molecule has 0 saturated carbocycles. The molecule has 0 heterocycles. The number of methoxy groups -OCH3 is 1. The van der Waals surface area contributed by atoms with Crippen molar-refractivity contribution >= 4 is 9.84 Å². The lowest BCUT2D eigenvalue weighted by Crippen LogP contribution is -2.21. The second kappa shape index (κ2) is 5.06. The summed E-state index contributed by atoms with van der Waals surface area (Å²) in [6.45, 7) is 3.91. The van der Waals surface area contributed by atoms with Gasteiger partial charge in [-0.25, -0.2) is 8.42 Å². The van der Waals surface area contributed by atoms with E-state index >= 15 is 0 Å². The van der Waals surface area contributed by atoms with Crippen molar-refractivity contribution in [3.63, 3.8) is 0 Å². The Morgan fingerprint density at radius 2 is 1.94 bits per heavy atom. The highest BCUT2D eigenvalue weighted by molar-refractivity contribution is 7.90. The average molecular weight is 257 g/mol. The zero-order valence-corrected chi connectivity index (χ0v) is 11.5. The summed E-state index contributed by atoms with van der Waals surface area (Å²) in [5.41, 5.74) is 8.74. The largest absolute Gasteiger partial charge is 0.496 e. The van der Waals surface area contributed by atoms with Gasteiger partial charge in [0.25, 0.3) is 0 Å². The van der Waals surface area contributed by atoms with Gasteiger partial charge in [-0.15, -0.1) is 0 Å². The van der Waals surface area contributed by atoms with Crippen molar-refractivity contribution in [2.24, 2.45) is 5.73 Å². The molecule has 2 N–H and O–H groups in total. The lowest BCUT2D eigenvalue weighted by molar-refractivity contribution is 0.403. The Bertz CT molecular complexity index is 509. The molecule has 0 spiro atoms. The van der Waals surface area contributed by atoms with Crippen LogP contribution in [0.25, 0.3) is 0 Å². The van der Waals surface area contributed by atoms with Gasteiger partial charge in [-0.2, -0.15) is 0 Å². The summed E-state index contributed by atoms with van der Waals surface area (Å²) < 4.78 is 27.8. The van der Waals surface area contributed by atoms with Crippen molar-refractivity contribution in [2.75, 3.05) is 19.1 Å². The summed E-state index contributed by atoms with van der Waals surface area (Å²) in [4.78, 5) is 0. The molecule has 0 aliphatic rings. The molecule has 0 aromatic heterocycles. The van der Waals surface area contributed by atoms with Gasteiger partial charge in [-0.3, -0.25) is 0 Å². The van der Waals surface area contributed by atoms with E-state index in [4.69, 9.17) is 10.5 Å². The summed E-state index contributed by atoms with van der Waals surface area (Å²) in [7, 11) is -1.53. The maximum absolute atomic E-state index is 11.2. The molecule has 17 heavy (non-hydrogen) atoms. The van der Waals surface area contributed by atoms with Gasteiger partial charge < -0.3 is 10.5 Å². The van der Waals surface area contributed by atoms with Crippen LogP contribution in [0.1, 0.15) is 22.7 Å². The first kappa shape index (κ1) is 14.0. The predicted octanol–water partition coefficient (Wildman–Crippen LogP) is 1.36. The van der Waals surface area contributed by atoms with Crippen LogP contribution in [0.3, 0.4) is 0 Å². The van der Waals surface area contributed by atoms with Gasteiger partial charge in [0.15, 0.2) is 0 Å². The molecule has 0 fully saturated rings. The Morgan fingerprint density at radius 3 is 2.41 bits per heavy atom. The van der Waals surface area contributed by atoms with E-state index in [1.54, 1.807) is 7.11 Å². The third-order valence-electron chi connectivity index (χ3n) is 2.79. The molecule has 1 unspecified atom stereocenters. The van der Waals surface area contributed by atoms with Gasteiger partial charge >= 0.3 is 0 Å². The number of rotatable bonds is 4. The highest BCUT2D eigenvalue weighted by atomic mass is 32.2. The maximum Gasteiger partial charge on any atom is 0.149 e. The van der Waals surface area contributed by atoms with E-state index in [2.05, 4.69) is 0 Å². The van der Waals surface area contributed by atoms with Crippen molar-refractivity contribution in [3.05, 3.63) is 28.8 Å². The van der Waals surface area contributed by atoms with Crippen LogP contribution in [0.2, 0.25) is 0 Å². The van der Waals surface area contributed by atoms with Crippen LogP contribution in [0, 0.1) is 13.8 Å². The minimum Gasteiger partial charge on any atom is -0.496 e. The number of hydrogen-bond donors (Lipinski definition) is 1. The molecule has 0 radical (unpaired) electrons. The van der Waals surface area contributed by atoms with Gasteiger partial charge in [0.05, 0.1) is 12.9 Å². The second-order valence-corrected chi connectivity index (χ2v) is 6.51. The summed E-state index contributed by atoms with van der Waals surface area (Å²) in [5, 5.41) is 0. The van der Waals surface area contributed by atoms with E-state index in [9.17, 15) is 8.42 Å². The Balaban J connectivity index is 3.18. The third kappa shape index (κ3) is 3.44. The molecule has 0 bridgehead atoms. The zero-order valence-electron chi connectivity index (χ0n) is 10.6. The van der Waals surface area contributed by atoms with Crippen LogP contribution in [-0.2, 0) is 9.84 Å². The average Bonchev–Trinajstić information content (AvgIpc) is 2.19. The van der Waals surface area contributed by atoms with Crippen molar-refractivity contribution in [3.8, 4) is 5.75 Å². The van der Waals surface area contributed by atoms with Crippen LogP contribution in [0.15, 0.2) is 12.1 Å². The van der Waals surface area contributed by atoms with Gasteiger partial charge in [-0.1, -0.05) is 12.1 Å². The minimum atomic E-state index is -3.10. The van der Waals surface area contributed by atoms with Gasteiger partial charge in [0.2, 0.25) is 0 Å². The monoisotopic (exact) mass is 257 g/mol. The molecule has 4 nitrogen and oxygen atoms in total. The first-order valence-corrected chi connectivity index (χ1v) is 7.39. The van der Waals surface area contributed by atoms with E-state index in [-0.39, 0.29) is 5.75 Å². The summed E-state index contributed by atoms with van der Waals surface area (Å²) in [6, 6.07) is 3.20. The Morgan fingerprint density at radius 1 is 1.35 bits per heavy atom. The quantitative estimate of drug-likeness (QED) is 0.884. The third-order valence-corrected chi connectivity index (χ3v) is 3.76. The highest BCUT2D eigenvalue weighted by Gasteiger charge is 2.18. The van der Waals surface area contributed by atoms with E-state index in [1.807, 2.05) is 26.0 Å². The number of benzene rings is 1. The Hall–Kier alpha value is -1.07. The molecular weight excluding hydrogens is 238 g/mol. The number of nitrogens with two attached hydrogens (primary N) is 1. The molecule has 1 rings (SSSR count). The first-order chi connectivity index (χ1) is 7.76. The SMILES string of the molecule is COc1c(C(N)CS(C)(=O)=O)ccc(C)c1C.